The molecule has 1 aromatic heterocycles. The summed E-state index contributed by atoms with van der Waals surface area (Å²) in [6, 6.07) is 8.86. The van der Waals surface area contributed by atoms with Crippen LogP contribution in [-0.4, -0.2) is 18.1 Å². The van der Waals surface area contributed by atoms with Crippen molar-refractivity contribution < 1.29 is 14.3 Å². The molecule has 1 aromatic carbocycles. The number of nitrogen functional groups attached to an aromatic ring is 1. The standard InChI is InChI=1S/C13H11IN2O3/c1-18-13(17)10-6-12(15)16-7-11(10)19-9-4-2-3-8(14)5-9/h2-7H,1H3,(H2,15,16). The Bertz CT molecular complexity index is 617. The highest BCUT2D eigenvalue weighted by atomic mass is 127. The van der Waals surface area contributed by atoms with Gasteiger partial charge in [-0.15, -0.1) is 0 Å². The molecule has 2 N–H and O–H groups in total. The molecule has 0 atom stereocenters. The highest BCUT2D eigenvalue weighted by Crippen LogP contribution is 2.27. The summed E-state index contributed by atoms with van der Waals surface area (Å²) < 4.78 is 11.4. The van der Waals surface area contributed by atoms with Crippen molar-refractivity contribution in [1.29, 1.82) is 0 Å². The van der Waals surface area contributed by atoms with E-state index in [2.05, 4.69) is 32.3 Å². The number of anilines is 1. The van der Waals surface area contributed by atoms with E-state index in [0.717, 1.165) is 3.57 Å². The molecule has 0 spiro atoms. The van der Waals surface area contributed by atoms with Crippen LogP contribution in [0.25, 0.3) is 0 Å². The highest BCUT2D eigenvalue weighted by molar-refractivity contribution is 14.1. The van der Waals surface area contributed by atoms with Crippen LogP contribution in [0.1, 0.15) is 10.4 Å². The predicted octanol–water partition coefficient (Wildman–Crippen LogP) is 2.85. The van der Waals surface area contributed by atoms with Crippen LogP contribution in [0.3, 0.4) is 0 Å². The summed E-state index contributed by atoms with van der Waals surface area (Å²) in [5, 5.41) is 0. The second-order valence-electron chi connectivity index (χ2n) is 3.66. The summed E-state index contributed by atoms with van der Waals surface area (Å²) in [6.07, 6.45) is 1.40. The normalized spacial score (nSPS) is 10.0. The molecule has 0 aliphatic rings. The Morgan fingerprint density at radius 1 is 1.37 bits per heavy atom. The van der Waals surface area contributed by atoms with Gasteiger partial charge in [-0.2, -0.15) is 0 Å². The molecule has 0 aliphatic carbocycles. The first-order valence-electron chi connectivity index (χ1n) is 5.37. The van der Waals surface area contributed by atoms with Gasteiger partial charge < -0.3 is 15.2 Å². The van der Waals surface area contributed by atoms with Crippen LogP contribution >= 0.6 is 22.6 Å². The van der Waals surface area contributed by atoms with Gasteiger partial charge in [-0.25, -0.2) is 9.78 Å². The average molecular weight is 370 g/mol. The zero-order valence-corrected chi connectivity index (χ0v) is 12.2. The molecule has 0 aliphatic heterocycles. The maximum absolute atomic E-state index is 11.7. The summed E-state index contributed by atoms with van der Waals surface area (Å²) in [5.74, 6) is 0.636. The first-order valence-corrected chi connectivity index (χ1v) is 6.45. The third-order valence-electron chi connectivity index (χ3n) is 2.32. The van der Waals surface area contributed by atoms with Gasteiger partial charge in [-0.3, -0.25) is 0 Å². The summed E-state index contributed by atoms with van der Waals surface area (Å²) in [5.41, 5.74) is 5.81. The van der Waals surface area contributed by atoms with E-state index in [4.69, 9.17) is 10.5 Å². The smallest absolute Gasteiger partial charge is 0.341 e. The number of nitrogens with two attached hydrogens (primary N) is 1. The monoisotopic (exact) mass is 370 g/mol. The number of carbonyl (C=O) groups is 1. The van der Waals surface area contributed by atoms with Gasteiger partial charge >= 0.3 is 5.97 Å². The van der Waals surface area contributed by atoms with Crippen LogP contribution in [0.2, 0.25) is 0 Å². The van der Waals surface area contributed by atoms with Crippen LogP contribution in [0.4, 0.5) is 5.82 Å². The first-order chi connectivity index (χ1) is 9.10. The predicted molar refractivity (Wildman–Crippen MR) is 79.2 cm³/mol. The van der Waals surface area contributed by atoms with Gasteiger partial charge in [0.15, 0.2) is 5.75 Å². The number of rotatable bonds is 3. The van der Waals surface area contributed by atoms with Gasteiger partial charge in [0.05, 0.1) is 13.3 Å². The fourth-order valence-electron chi connectivity index (χ4n) is 1.47. The number of hydrogen-bond acceptors (Lipinski definition) is 5. The fourth-order valence-corrected chi connectivity index (χ4v) is 1.98. The Kier molecular flexibility index (Phi) is 4.20. The third-order valence-corrected chi connectivity index (χ3v) is 2.99. The van der Waals surface area contributed by atoms with E-state index < -0.39 is 5.97 Å². The van der Waals surface area contributed by atoms with E-state index in [1.807, 2.05) is 18.2 Å². The Labute approximate surface area is 123 Å². The van der Waals surface area contributed by atoms with Gasteiger partial charge in [-0.1, -0.05) is 6.07 Å². The lowest BCUT2D eigenvalue weighted by Gasteiger charge is -2.10. The lowest BCUT2D eigenvalue weighted by Crippen LogP contribution is -2.06. The van der Waals surface area contributed by atoms with Crippen molar-refractivity contribution in [3.8, 4) is 11.5 Å². The number of halogens is 1. The zero-order chi connectivity index (χ0) is 13.8. The molecule has 2 rings (SSSR count). The third kappa shape index (κ3) is 3.34. The summed E-state index contributed by atoms with van der Waals surface area (Å²) in [7, 11) is 1.30. The lowest BCUT2D eigenvalue weighted by atomic mass is 10.2. The molecule has 0 saturated heterocycles. The number of esters is 1. The van der Waals surface area contributed by atoms with E-state index in [-0.39, 0.29) is 11.4 Å². The summed E-state index contributed by atoms with van der Waals surface area (Å²) in [6.45, 7) is 0. The number of benzene rings is 1. The Morgan fingerprint density at radius 2 is 2.16 bits per heavy atom. The van der Waals surface area contributed by atoms with E-state index >= 15 is 0 Å². The second kappa shape index (κ2) is 5.87. The number of pyridine rings is 1. The molecule has 0 saturated carbocycles. The number of nitrogens with zero attached hydrogens (tertiary/aromatic N) is 1. The Morgan fingerprint density at radius 3 is 2.84 bits per heavy atom. The van der Waals surface area contributed by atoms with Gasteiger partial charge in [0.25, 0.3) is 0 Å². The largest absolute Gasteiger partial charge is 0.465 e. The molecular weight excluding hydrogens is 359 g/mol. The van der Waals surface area contributed by atoms with Crippen LogP contribution in [0, 0.1) is 3.57 Å². The summed E-state index contributed by atoms with van der Waals surface area (Å²) >= 11 is 2.18. The van der Waals surface area contributed by atoms with Crippen LogP contribution < -0.4 is 10.5 Å². The quantitative estimate of drug-likeness (QED) is 0.665. The second-order valence-corrected chi connectivity index (χ2v) is 4.90. The molecule has 98 valence electrons. The van der Waals surface area contributed by atoms with Crippen molar-refractivity contribution in [2.75, 3.05) is 12.8 Å². The average Bonchev–Trinajstić information content (AvgIpc) is 2.40. The van der Waals surface area contributed by atoms with E-state index in [0.29, 0.717) is 11.5 Å². The van der Waals surface area contributed by atoms with Crippen molar-refractivity contribution in [2.45, 2.75) is 0 Å². The first kappa shape index (κ1) is 13.6. The molecule has 0 unspecified atom stereocenters. The number of aromatic nitrogens is 1. The Hall–Kier alpha value is -1.83. The zero-order valence-electron chi connectivity index (χ0n) is 10.1. The molecule has 5 nitrogen and oxygen atoms in total. The maximum atomic E-state index is 11.7. The minimum atomic E-state index is -0.519. The lowest BCUT2D eigenvalue weighted by molar-refractivity contribution is 0.0598. The minimum Gasteiger partial charge on any atom is -0.465 e. The SMILES string of the molecule is COC(=O)c1cc(N)ncc1Oc1cccc(I)c1. The molecule has 2 aromatic rings. The van der Waals surface area contributed by atoms with Crippen molar-refractivity contribution in [1.82, 2.24) is 4.98 Å². The molecule has 0 radical (unpaired) electrons. The molecular formula is C13H11IN2O3. The van der Waals surface area contributed by atoms with Crippen LogP contribution in [0.15, 0.2) is 36.5 Å². The number of carbonyl (C=O) groups excluding carboxylic acids is 1. The highest BCUT2D eigenvalue weighted by Gasteiger charge is 2.15. The number of hydrogen-bond donors (Lipinski definition) is 1. The topological polar surface area (TPSA) is 74.4 Å². The van der Waals surface area contributed by atoms with Crippen molar-refractivity contribution >= 4 is 34.4 Å². The molecule has 0 fully saturated rings. The van der Waals surface area contributed by atoms with E-state index in [1.165, 1.54) is 19.4 Å². The van der Waals surface area contributed by atoms with E-state index in [9.17, 15) is 4.79 Å². The summed E-state index contributed by atoms with van der Waals surface area (Å²) in [4.78, 5) is 15.6. The van der Waals surface area contributed by atoms with Gasteiger partial charge in [-0.05, 0) is 46.9 Å². The van der Waals surface area contributed by atoms with Gasteiger partial charge in [0.2, 0.25) is 0 Å². The minimum absolute atomic E-state index is 0.232. The van der Waals surface area contributed by atoms with Crippen molar-refractivity contribution in [3.05, 3.63) is 45.7 Å². The molecule has 1 heterocycles. The molecule has 19 heavy (non-hydrogen) atoms. The van der Waals surface area contributed by atoms with Gasteiger partial charge in [0, 0.05) is 3.57 Å². The Balaban J connectivity index is 2.37. The molecule has 0 amide bonds. The van der Waals surface area contributed by atoms with Crippen molar-refractivity contribution in [3.63, 3.8) is 0 Å². The van der Waals surface area contributed by atoms with Crippen LogP contribution in [-0.2, 0) is 4.74 Å². The van der Waals surface area contributed by atoms with Crippen molar-refractivity contribution in [2.24, 2.45) is 0 Å². The van der Waals surface area contributed by atoms with Crippen LogP contribution in [0.5, 0.6) is 11.5 Å². The molecule has 0 bridgehead atoms. The fraction of sp³-hybridized carbons (Fsp3) is 0.0769. The van der Waals surface area contributed by atoms with E-state index in [1.54, 1.807) is 6.07 Å². The number of ether oxygens (including phenoxy) is 2. The maximum Gasteiger partial charge on any atom is 0.341 e. The number of methoxy groups -OCH3 is 1. The molecule has 6 heteroatoms. The van der Waals surface area contributed by atoms with Gasteiger partial charge in [0.1, 0.15) is 17.1 Å².